The Morgan fingerprint density at radius 2 is 1.83 bits per heavy atom. The predicted octanol–water partition coefficient (Wildman–Crippen LogP) is -0.355. The topological polar surface area (TPSA) is 30.7 Å². The van der Waals surface area contributed by atoms with E-state index >= 15 is 0 Å². The average Bonchev–Trinajstić information content (AvgIpc) is 2.97. The Morgan fingerprint density at radius 1 is 1.17 bits per heavy atom. The fourth-order valence-corrected chi connectivity index (χ4v) is 4.39. The van der Waals surface area contributed by atoms with E-state index in [2.05, 4.69) is 10.1 Å². The molecule has 1 aliphatic heterocycles. The number of aromatic nitrogens is 3. The fourth-order valence-electron chi connectivity index (χ4n) is 4.39. The molecular formula is C17H21BF2N3Na. The smallest absolute Gasteiger partial charge is 0.239 e. The van der Waals surface area contributed by atoms with Crippen molar-refractivity contribution >= 4 is 8.41 Å². The predicted molar refractivity (Wildman–Crippen MR) is 88.0 cm³/mol. The fraction of sp³-hybridized carbons (Fsp3) is 0.529. The second-order valence-electron chi connectivity index (χ2n) is 7.11. The molecule has 0 amide bonds. The number of halogens is 2. The van der Waals surface area contributed by atoms with Crippen LogP contribution in [0.15, 0.2) is 30.3 Å². The van der Waals surface area contributed by atoms with Crippen molar-refractivity contribution in [1.29, 1.82) is 0 Å². The second kappa shape index (κ2) is 6.22. The van der Waals surface area contributed by atoms with Gasteiger partial charge in [-0.2, -0.15) is 5.10 Å². The number of alkyl halides is 2. The summed E-state index contributed by atoms with van der Waals surface area (Å²) in [7, 11) is 0. The van der Waals surface area contributed by atoms with Gasteiger partial charge in [-0.1, -0.05) is 38.7 Å². The van der Waals surface area contributed by atoms with Crippen LogP contribution in [0.5, 0.6) is 0 Å². The molecule has 24 heavy (non-hydrogen) atoms. The van der Waals surface area contributed by atoms with Gasteiger partial charge in [0.15, 0.2) is 24.0 Å². The molecular weight excluding hydrogens is 318 g/mol. The molecule has 0 unspecified atom stereocenters. The van der Waals surface area contributed by atoms with Crippen molar-refractivity contribution in [2.24, 2.45) is 11.3 Å². The van der Waals surface area contributed by atoms with Crippen LogP contribution >= 0.6 is 0 Å². The van der Waals surface area contributed by atoms with Gasteiger partial charge in [-0.25, -0.2) is 18.4 Å². The Hall–Kier alpha value is -0.715. The first-order valence-electron chi connectivity index (χ1n) is 7.96. The third-order valence-corrected chi connectivity index (χ3v) is 5.71. The summed E-state index contributed by atoms with van der Waals surface area (Å²) in [5.41, 5.74) is 0.766. The van der Waals surface area contributed by atoms with Gasteiger partial charge in [-0.15, -0.1) is 0 Å². The van der Waals surface area contributed by atoms with Crippen molar-refractivity contribution in [3.05, 3.63) is 47.5 Å². The molecule has 0 spiro atoms. The summed E-state index contributed by atoms with van der Waals surface area (Å²) in [6, 6.07) is 9.53. The van der Waals surface area contributed by atoms with E-state index in [9.17, 15) is 8.78 Å². The maximum absolute atomic E-state index is 14.8. The van der Waals surface area contributed by atoms with Crippen LogP contribution in [0.3, 0.4) is 0 Å². The quantitative estimate of drug-likeness (QED) is 0.716. The van der Waals surface area contributed by atoms with E-state index in [-0.39, 0.29) is 61.1 Å². The minimum absolute atomic E-state index is 0. The van der Waals surface area contributed by atoms with Crippen LogP contribution in [0.4, 0.5) is 8.78 Å². The molecule has 1 aromatic heterocycles. The molecule has 3 nitrogen and oxygen atoms in total. The molecule has 3 atom stereocenters. The van der Waals surface area contributed by atoms with Crippen molar-refractivity contribution in [2.75, 3.05) is 0 Å². The van der Waals surface area contributed by atoms with Gasteiger partial charge in [0.05, 0.1) is 6.04 Å². The Labute approximate surface area is 164 Å². The largest absolute Gasteiger partial charge is 1.00 e. The zero-order chi connectivity index (χ0) is 14.9. The first-order chi connectivity index (χ1) is 10.7. The Kier molecular flexibility index (Phi) is 4.69. The molecule has 0 radical (unpaired) electrons. The molecule has 4 aliphatic rings. The first-order valence-corrected chi connectivity index (χ1v) is 7.96. The monoisotopic (exact) mass is 339 g/mol. The van der Waals surface area contributed by atoms with Crippen molar-refractivity contribution in [1.82, 2.24) is 14.8 Å². The maximum atomic E-state index is 14.8. The van der Waals surface area contributed by atoms with E-state index in [0.717, 1.165) is 24.8 Å². The molecule has 1 aromatic carbocycles. The zero-order valence-corrected chi connectivity index (χ0v) is 15.1. The number of benzene rings is 1. The average molecular weight is 339 g/mol. The molecule has 2 bridgehead atoms. The van der Waals surface area contributed by atoms with E-state index in [1.165, 1.54) is 0 Å². The second-order valence-corrected chi connectivity index (χ2v) is 7.11. The summed E-state index contributed by atoms with van der Waals surface area (Å²) in [5, 5.41) is 4.36. The van der Waals surface area contributed by atoms with Gasteiger partial charge in [0.25, 0.3) is 0 Å². The SMILES string of the molecule is F[C@H](c1nc2n(n1)[C@H](c1ccccc1)C[C@@H]2F)C12CC(C1)C2.[BH4-].[Na+]. The number of hydrogen-bond donors (Lipinski definition) is 0. The summed E-state index contributed by atoms with van der Waals surface area (Å²) in [5.74, 6) is 1.19. The molecule has 0 saturated heterocycles. The van der Waals surface area contributed by atoms with Crippen LogP contribution < -0.4 is 29.6 Å². The normalized spacial score (nSPS) is 33.3. The number of nitrogens with zero attached hydrogens (tertiary/aromatic N) is 3. The van der Waals surface area contributed by atoms with Crippen LogP contribution in [-0.2, 0) is 0 Å². The van der Waals surface area contributed by atoms with Crippen LogP contribution in [0, 0.1) is 11.3 Å². The van der Waals surface area contributed by atoms with E-state index in [0.29, 0.717) is 12.3 Å². The van der Waals surface area contributed by atoms with Crippen LogP contribution in [0.25, 0.3) is 0 Å². The Bertz CT molecular complexity index is 722. The molecule has 0 N–H and O–H groups in total. The molecule has 7 heteroatoms. The maximum Gasteiger partial charge on any atom is 1.00 e. The van der Waals surface area contributed by atoms with Crippen molar-refractivity contribution < 1.29 is 38.3 Å². The summed E-state index contributed by atoms with van der Waals surface area (Å²) < 4.78 is 30.6. The number of rotatable bonds is 3. The van der Waals surface area contributed by atoms with Crippen LogP contribution in [0.2, 0.25) is 0 Å². The van der Waals surface area contributed by atoms with Gasteiger partial charge in [-0.05, 0) is 30.7 Å². The molecule has 6 rings (SSSR count). The van der Waals surface area contributed by atoms with E-state index < -0.39 is 12.3 Å². The van der Waals surface area contributed by atoms with Crippen molar-refractivity contribution in [3.63, 3.8) is 0 Å². The van der Waals surface area contributed by atoms with Gasteiger partial charge in [0.1, 0.15) is 0 Å². The van der Waals surface area contributed by atoms with E-state index in [1.807, 2.05) is 30.3 Å². The molecule has 3 fully saturated rings. The molecule has 3 saturated carbocycles. The van der Waals surface area contributed by atoms with Gasteiger partial charge < -0.3 is 0 Å². The standard InChI is InChI=1S/C17H17F2N3.BH4.Na/c18-12-6-13(11-4-2-1-3-5-11)22-16(12)20-15(21-22)14(19)17-7-10(8-17)9-17;;/h1-5,10,12-14H,6-9H2;1H4;/q;-1;+1/t10?,12-,13-,14+,17?;;/m0../s1. The number of fused-ring (bicyclic) bond motifs is 1. The summed E-state index contributed by atoms with van der Waals surface area (Å²) in [4.78, 5) is 4.22. The third-order valence-electron chi connectivity index (χ3n) is 5.71. The Morgan fingerprint density at radius 3 is 2.42 bits per heavy atom. The number of hydrogen-bond acceptors (Lipinski definition) is 2. The Balaban J connectivity index is 0.000000845. The van der Waals surface area contributed by atoms with E-state index in [4.69, 9.17) is 0 Å². The van der Waals surface area contributed by atoms with Gasteiger partial charge >= 0.3 is 29.6 Å². The van der Waals surface area contributed by atoms with Gasteiger partial charge in [-0.3, -0.25) is 0 Å². The van der Waals surface area contributed by atoms with Crippen LogP contribution in [-0.4, -0.2) is 23.2 Å². The summed E-state index contributed by atoms with van der Waals surface area (Å²) in [6.07, 6.45) is 0.868. The zero-order valence-electron chi connectivity index (χ0n) is 13.1. The van der Waals surface area contributed by atoms with Crippen molar-refractivity contribution in [2.45, 2.75) is 44.1 Å². The van der Waals surface area contributed by atoms with Gasteiger partial charge in [0, 0.05) is 11.8 Å². The van der Waals surface area contributed by atoms with E-state index in [1.54, 1.807) is 4.68 Å². The molecule has 2 aromatic rings. The minimum Gasteiger partial charge on any atom is -0.239 e. The van der Waals surface area contributed by atoms with Gasteiger partial charge in [0.2, 0.25) is 0 Å². The molecule has 122 valence electrons. The third kappa shape index (κ3) is 2.41. The minimum atomic E-state index is -1.16. The first kappa shape index (κ1) is 18.1. The van der Waals surface area contributed by atoms with Crippen LogP contribution in [0.1, 0.15) is 61.3 Å². The molecule has 2 heterocycles. The molecule has 3 aliphatic carbocycles. The summed E-state index contributed by atoms with van der Waals surface area (Å²) >= 11 is 0. The van der Waals surface area contributed by atoms with Crippen molar-refractivity contribution in [3.8, 4) is 0 Å². The summed E-state index contributed by atoms with van der Waals surface area (Å²) in [6.45, 7) is 0.